The average molecular weight is 345 g/mol. The lowest BCUT2D eigenvalue weighted by Gasteiger charge is -2.12. The predicted octanol–water partition coefficient (Wildman–Crippen LogP) is 2.21. The fourth-order valence-corrected chi connectivity index (χ4v) is 2.18. The second-order valence-electron chi connectivity index (χ2n) is 4.22. The lowest BCUT2D eigenvalue weighted by Crippen LogP contribution is -2.44. The molecule has 0 aliphatic heterocycles. The van der Waals surface area contributed by atoms with Gasteiger partial charge in [-0.25, -0.2) is 4.79 Å². The Balaban J connectivity index is 2.35. The van der Waals surface area contributed by atoms with Gasteiger partial charge in [-0.3, -0.25) is 14.9 Å². The highest BCUT2D eigenvalue weighted by Crippen LogP contribution is 2.20. The van der Waals surface area contributed by atoms with Crippen LogP contribution in [0.2, 0.25) is 5.02 Å². The maximum absolute atomic E-state index is 11.7. The van der Waals surface area contributed by atoms with Crippen LogP contribution in [0.3, 0.4) is 0 Å². The molecular formula is C14H17ClN2O4S. The van der Waals surface area contributed by atoms with Crippen LogP contribution in [0.4, 0.5) is 4.79 Å². The van der Waals surface area contributed by atoms with Crippen molar-refractivity contribution in [1.82, 2.24) is 10.6 Å². The van der Waals surface area contributed by atoms with Crippen molar-refractivity contribution in [3.8, 4) is 0 Å². The van der Waals surface area contributed by atoms with Gasteiger partial charge in [0.1, 0.15) is 0 Å². The van der Waals surface area contributed by atoms with Crippen LogP contribution < -0.4 is 10.6 Å². The fraction of sp³-hybridized carbons (Fsp3) is 0.357. The Morgan fingerprint density at radius 1 is 1.27 bits per heavy atom. The highest BCUT2D eigenvalue weighted by atomic mass is 35.5. The third-order valence-corrected chi connectivity index (χ3v) is 3.66. The molecule has 1 aromatic rings. The van der Waals surface area contributed by atoms with E-state index in [-0.39, 0.29) is 5.75 Å². The number of halogens is 1. The zero-order chi connectivity index (χ0) is 16.5. The maximum atomic E-state index is 11.7. The Hall–Kier alpha value is -1.73. The van der Waals surface area contributed by atoms with Crippen molar-refractivity contribution in [3.63, 3.8) is 0 Å². The van der Waals surface area contributed by atoms with E-state index in [1.165, 1.54) is 18.7 Å². The van der Waals surface area contributed by atoms with E-state index in [2.05, 4.69) is 10.6 Å². The molecule has 1 rings (SSSR count). The van der Waals surface area contributed by atoms with Crippen LogP contribution in [0.25, 0.3) is 0 Å². The number of rotatable bonds is 6. The SMILES string of the molecule is CCNC(=O)NC(=O)[C@H](C)OC(=O)CSc1ccc(Cl)cc1. The van der Waals surface area contributed by atoms with Crippen molar-refractivity contribution in [3.05, 3.63) is 29.3 Å². The van der Waals surface area contributed by atoms with Gasteiger partial charge in [-0.1, -0.05) is 11.6 Å². The van der Waals surface area contributed by atoms with Gasteiger partial charge >= 0.3 is 12.0 Å². The molecular weight excluding hydrogens is 328 g/mol. The van der Waals surface area contributed by atoms with Crippen LogP contribution in [0.1, 0.15) is 13.8 Å². The number of carbonyl (C=O) groups is 3. The van der Waals surface area contributed by atoms with Crippen LogP contribution in [-0.2, 0) is 14.3 Å². The van der Waals surface area contributed by atoms with Gasteiger partial charge in [0.2, 0.25) is 0 Å². The van der Waals surface area contributed by atoms with Gasteiger partial charge in [-0.15, -0.1) is 11.8 Å². The molecule has 0 radical (unpaired) electrons. The van der Waals surface area contributed by atoms with E-state index < -0.39 is 24.0 Å². The molecule has 0 fully saturated rings. The molecule has 0 spiro atoms. The van der Waals surface area contributed by atoms with Gasteiger partial charge in [0.15, 0.2) is 6.10 Å². The van der Waals surface area contributed by atoms with E-state index >= 15 is 0 Å². The van der Waals surface area contributed by atoms with Crippen LogP contribution in [0, 0.1) is 0 Å². The van der Waals surface area contributed by atoms with Crippen molar-refractivity contribution < 1.29 is 19.1 Å². The Kier molecular flexibility index (Phi) is 7.76. The summed E-state index contributed by atoms with van der Waals surface area (Å²) < 4.78 is 4.96. The molecule has 0 aliphatic carbocycles. The summed E-state index contributed by atoms with van der Waals surface area (Å²) in [5.74, 6) is -1.16. The third-order valence-electron chi connectivity index (χ3n) is 2.42. The normalized spacial score (nSPS) is 11.4. The molecule has 0 heterocycles. The summed E-state index contributed by atoms with van der Waals surface area (Å²) in [6.07, 6.45) is -1.04. The Morgan fingerprint density at radius 3 is 2.50 bits per heavy atom. The molecule has 8 heteroatoms. The number of thioether (sulfide) groups is 1. The predicted molar refractivity (Wildman–Crippen MR) is 84.9 cm³/mol. The molecule has 0 aliphatic rings. The quantitative estimate of drug-likeness (QED) is 0.610. The number of amides is 3. The molecule has 22 heavy (non-hydrogen) atoms. The Morgan fingerprint density at radius 2 is 1.91 bits per heavy atom. The van der Waals surface area contributed by atoms with E-state index in [0.717, 1.165) is 4.90 Å². The first-order valence-electron chi connectivity index (χ1n) is 6.59. The van der Waals surface area contributed by atoms with Gasteiger partial charge < -0.3 is 10.1 Å². The Labute approximate surface area is 137 Å². The minimum Gasteiger partial charge on any atom is -0.452 e. The molecule has 3 amide bonds. The third kappa shape index (κ3) is 6.82. The number of hydrogen-bond acceptors (Lipinski definition) is 5. The first-order chi connectivity index (χ1) is 10.4. The summed E-state index contributed by atoms with van der Waals surface area (Å²) in [7, 11) is 0. The summed E-state index contributed by atoms with van der Waals surface area (Å²) >= 11 is 7.03. The number of hydrogen-bond donors (Lipinski definition) is 2. The van der Waals surface area contributed by atoms with Crippen molar-refractivity contribution >= 4 is 41.3 Å². The van der Waals surface area contributed by atoms with E-state index in [9.17, 15) is 14.4 Å². The minimum atomic E-state index is -1.04. The highest BCUT2D eigenvalue weighted by Gasteiger charge is 2.19. The smallest absolute Gasteiger partial charge is 0.321 e. The molecule has 0 aromatic heterocycles. The lowest BCUT2D eigenvalue weighted by molar-refractivity contribution is -0.151. The van der Waals surface area contributed by atoms with Gasteiger partial charge in [0, 0.05) is 16.5 Å². The summed E-state index contributed by atoms with van der Waals surface area (Å²) in [6, 6.07) is 6.39. The fourth-order valence-electron chi connectivity index (χ4n) is 1.38. The number of ether oxygens (including phenoxy) is 1. The van der Waals surface area contributed by atoms with E-state index in [4.69, 9.17) is 16.3 Å². The van der Waals surface area contributed by atoms with Crippen molar-refractivity contribution in [2.24, 2.45) is 0 Å². The number of urea groups is 1. The van der Waals surface area contributed by atoms with Crippen molar-refractivity contribution in [1.29, 1.82) is 0 Å². The van der Waals surface area contributed by atoms with Crippen LogP contribution in [0.5, 0.6) is 0 Å². The number of benzene rings is 1. The van der Waals surface area contributed by atoms with E-state index in [0.29, 0.717) is 11.6 Å². The zero-order valence-corrected chi connectivity index (χ0v) is 13.8. The molecule has 1 aromatic carbocycles. The summed E-state index contributed by atoms with van der Waals surface area (Å²) in [6.45, 7) is 3.52. The summed E-state index contributed by atoms with van der Waals surface area (Å²) in [4.78, 5) is 35.3. The molecule has 0 saturated heterocycles. The summed E-state index contributed by atoms with van der Waals surface area (Å²) in [5.41, 5.74) is 0. The highest BCUT2D eigenvalue weighted by molar-refractivity contribution is 8.00. The number of carbonyl (C=O) groups excluding carboxylic acids is 3. The topological polar surface area (TPSA) is 84.5 Å². The van der Waals surface area contributed by atoms with Crippen molar-refractivity contribution in [2.75, 3.05) is 12.3 Å². The first-order valence-corrected chi connectivity index (χ1v) is 7.95. The zero-order valence-electron chi connectivity index (χ0n) is 12.2. The molecule has 120 valence electrons. The second-order valence-corrected chi connectivity index (χ2v) is 5.71. The molecule has 1 atom stereocenters. The molecule has 0 bridgehead atoms. The van der Waals surface area contributed by atoms with Gasteiger partial charge in [-0.05, 0) is 38.1 Å². The van der Waals surface area contributed by atoms with E-state index in [1.807, 2.05) is 0 Å². The largest absolute Gasteiger partial charge is 0.452 e. The summed E-state index contributed by atoms with van der Waals surface area (Å²) in [5, 5.41) is 5.10. The number of imide groups is 1. The monoisotopic (exact) mass is 344 g/mol. The second kappa shape index (κ2) is 9.32. The van der Waals surface area contributed by atoms with Crippen LogP contribution in [-0.4, -0.2) is 36.3 Å². The van der Waals surface area contributed by atoms with Crippen molar-refractivity contribution in [2.45, 2.75) is 24.8 Å². The van der Waals surface area contributed by atoms with Crippen LogP contribution >= 0.6 is 23.4 Å². The van der Waals surface area contributed by atoms with Gasteiger partial charge in [0.05, 0.1) is 5.75 Å². The minimum absolute atomic E-state index is 0.0560. The standard InChI is InChI=1S/C14H17ClN2O4S/c1-3-16-14(20)17-13(19)9(2)21-12(18)8-22-11-6-4-10(15)5-7-11/h4-7,9H,3,8H2,1-2H3,(H2,16,17,19,20)/t9-/m0/s1. The Bertz CT molecular complexity index is 536. The average Bonchev–Trinajstić information content (AvgIpc) is 2.46. The van der Waals surface area contributed by atoms with Crippen LogP contribution in [0.15, 0.2) is 29.2 Å². The first kappa shape index (κ1) is 18.3. The molecule has 0 unspecified atom stereocenters. The lowest BCUT2D eigenvalue weighted by atomic mass is 10.4. The number of nitrogens with one attached hydrogen (secondary N) is 2. The van der Waals surface area contributed by atoms with E-state index in [1.54, 1.807) is 31.2 Å². The molecule has 2 N–H and O–H groups in total. The maximum Gasteiger partial charge on any atom is 0.321 e. The number of esters is 1. The van der Waals surface area contributed by atoms with Gasteiger partial charge in [0.25, 0.3) is 5.91 Å². The van der Waals surface area contributed by atoms with Gasteiger partial charge in [-0.2, -0.15) is 0 Å². The molecule has 0 saturated carbocycles. The molecule has 6 nitrogen and oxygen atoms in total.